The second-order valence-electron chi connectivity index (χ2n) is 7.69. The molecule has 1 aromatic rings. The van der Waals surface area contributed by atoms with Gasteiger partial charge in [-0.25, -0.2) is 0 Å². The third-order valence-electron chi connectivity index (χ3n) is 6.47. The second-order valence-corrected chi connectivity index (χ2v) is 7.69. The van der Waals surface area contributed by atoms with Crippen molar-refractivity contribution in [3.05, 3.63) is 29.8 Å². The van der Waals surface area contributed by atoms with Crippen LogP contribution in [0, 0.1) is 17.2 Å². The number of aliphatic hydroxyl groups is 1. The van der Waals surface area contributed by atoms with Crippen LogP contribution < -0.4 is 9.80 Å². The van der Waals surface area contributed by atoms with Gasteiger partial charge in [-0.05, 0) is 38.8 Å². The van der Waals surface area contributed by atoms with Gasteiger partial charge >= 0.3 is 0 Å². The van der Waals surface area contributed by atoms with Gasteiger partial charge in [-0.15, -0.1) is 0 Å². The van der Waals surface area contributed by atoms with E-state index in [0.717, 1.165) is 45.3 Å². The number of rotatable bonds is 5. The van der Waals surface area contributed by atoms with E-state index in [-0.39, 0.29) is 12.0 Å². The van der Waals surface area contributed by atoms with Crippen molar-refractivity contribution >= 4 is 5.69 Å². The number of fused-ring (bicyclic) bond motifs is 1. The molecule has 4 nitrogen and oxygen atoms in total. The molecule has 1 heterocycles. The molecular formula is C21H32N3O+. The average Bonchev–Trinajstić information content (AvgIpc) is 2.64. The molecule has 0 spiro atoms. The summed E-state index contributed by atoms with van der Waals surface area (Å²) < 4.78 is 0. The second kappa shape index (κ2) is 7.76. The molecule has 2 aliphatic rings. The van der Waals surface area contributed by atoms with E-state index in [2.05, 4.69) is 49.1 Å². The maximum absolute atomic E-state index is 11.2. The molecule has 2 N–H and O–H groups in total. The van der Waals surface area contributed by atoms with Gasteiger partial charge in [0.15, 0.2) is 6.54 Å². The first kappa shape index (κ1) is 18.2. The van der Waals surface area contributed by atoms with Crippen LogP contribution in [0.1, 0.15) is 57.6 Å². The molecule has 4 atom stereocenters. The highest BCUT2D eigenvalue weighted by Crippen LogP contribution is 2.44. The number of piperidine rings is 1. The van der Waals surface area contributed by atoms with Crippen molar-refractivity contribution in [2.24, 2.45) is 5.92 Å². The minimum Gasteiger partial charge on any atom is -0.389 e. The van der Waals surface area contributed by atoms with Gasteiger partial charge in [0.2, 0.25) is 0 Å². The standard InChI is InChI=1S/C21H31N3O/c1-3-23(4-2)18-10-8-17(9-11-18)20-19-7-5-6-12-21(19,25)13-15-24(20)16-14-22/h8-11,19-20,25H,3-7,12-13,15-16H2,1-2H3/p+1/t19-,20-,21+/m1/s1. The highest BCUT2D eigenvalue weighted by atomic mass is 16.3. The first-order chi connectivity index (χ1) is 12.1. The van der Waals surface area contributed by atoms with Crippen molar-refractivity contribution in [2.45, 2.75) is 57.6 Å². The molecule has 25 heavy (non-hydrogen) atoms. The van der Waals surface area contributed by atoms with Crippen molar-refractivity contribution in [3.8, 4) is 6.07 Å². The Morgan fingerprint density at radius 2 is 1.92 bits per heavy atom. The zero-order valence-corrected chi connectivity index (χ0v) is 15.7. The molecule has 1 unspecified atom stereocenters. The van der Waals surface area contributed by atoms with E-state index in [1.165, 1.54) is 22.6 Å². The van der Waals surface area contributed by atoms with E-state index >= 15 is 0 Å². The highest BCUT2D eigenvalue weighted by Gasteiger charge is 2.51. The number of nitrogens with zero attached hydrogens (tertiary/aromatic N) is 2. The number of likely N-dealkylation sites (tertiary alicyclic amines) is 1. The van der Waals surface area contributed by atoms with E-state index in [1.807, 2.05) is 0 Å². The molecule has 1 saturated heterocycles. The molecule has 1 aliphatic carbocycles. The summed E-state index contributed by atoms with van der Waals surface area (Å²) in [7, 11) is 0. The summed E-state index contributed by atoms with van der Waals surface area (Å²) in [5.74, 6) is 0.276. The van der Waals surface area contributed by atoms with Crippen LogP contribution in [0.15, 0.2) is 24.3 Å². The summed E-state index contributed by atoms with van der Waals surface area (Å²) in [4.78, 5) is 3.68. The van der Waals surface area contributed by atoms with Gasteiger partial charge in [0.25, 0.3) is 0 Å². The Bertz CT molecular complexity index is 605. The zero-order chi connectivity index (χ0) is 17.9. The molecule has 1 saturated carbocycles. The highest BCUT2D eigenvalue weighted by molar-refractivity contribution is 5.47. The van der Waals surface area contributed by atoms with Crippen LogP contribution in [0.4, 0.5) is 5.69 Å². The van der Waals surface area contributed by atoms with Gasteiger partial charge in [0.1, 0.15) is 12.1 Å². The minimum atomic E-state index is -0.528. The van der Waals surface area contributed by atoms with Crippen LogP contribution >= 0.6 is 0 Å². The molecule has 1 aliphatic heterocycles. The first-order valence-electron chi connectivity index (χ1n) is 9.91. The zero-order valence-electron chi connectivity index (χ0n) is 15.7. The van der Waals surface area contributed by atoms with Gasteiger partial charge < -0.3 is 14.9 Å². The number of nitriles is 1. The Balaban J connectivity index is 1.91. The normalized spacial score (nSPS) is 31.8. The van der Waals surface area contributed by atoms with Crippen LogP contribution in [0.25, 0.3) is 0 Å². The quantitative estimate of drug-likeness (QED) is 0.808. The van der Waals surface area contributed by atoms with Crippen LogP contribution in [0.5, 0.6) is 0 Å². The monoisotopic (exact) mass is 342 g/mol. The predicted octanol–water partition coefficient (Wildman–Crippen LogP) is 2.31. The molecule has 3 rings (SSSR count). The van der Waals surface area contributed by atoms with E-state index in [0.29, 0.717) is 6.54 Å². The maximum atomic E-state index is 11.2. The van der Waals surface area contributed by atoms with Gasteiger partial charge in [-0.2, -0.15) is 5.26 Å². The van der Waals surface area contributed by atoms with Crippen molar-refractivity contribution in [2.75, 3.05) is 31.1 Å². The van der Waals surface area contributed by atoms with Crippen molar-refractivity contribution in [1.29, 1.82) is 5.26 Å². The molecule has 0 aromatic heterocycles. The minimum absolute atomic E-state index is 0.240. The third-order valence-corrected chi connectivity index (χ3v) is 6.47. The Labute approximate surface area is 152 Å². The summed E-state index contributed by atoms with van der Waals surface area (Å²) in [6, 6.07) is 11.5. The Kier molecular flexibility index (Phi) is 5.66. The maximum Gasteiger partial charge on any atom is 0.165 e. The lowest BCUT2D eigenvalue weighted by molar-refractivity contribution is -0.938. The van der Waals surface area contributed by atoms with Gasteiger partial charge in [-0.3, -0.25) is 0 Å². The van der Waals surface area contributed by atoms with E-state index < -0.39 is 5.60 Å². The van der Waals surface area contributed by atoms with Crippen LogP contribution in [-0.4, -0.2) is 36.9 Å². The smallest absolute Gasteiger partial charge is 0.165 e. The molecule has 0 bridgehead atoms. The summed E-state index contributed by atoms with van der Waals surface area (Å²) in [6.07, 6.45) is 5.16. The summed E-state index contributed by atoms with van der Waals surface area (Å²) in [5, 5.41) is 20.5. The Hall–Kier alpha value is -1.57. The third kappa shape index (κ3) is 3.54. The summed E-state index contributed by atoms with van der Waals surface area (Å²) >= 11 is 0. The number of nitrogens with one attached hydrogen (secondary N) is 1. The Morgan fingerprint density at radius 3 is 2.56 bits per heavy atom. The van der Waals surface area contributed by atoms with Crippen molar-refractivity contribution in [1.82, 2.24) is 0 Å². The lowest BCUT2D eigenvalue weighted by Gasteiger charge is -2.49. The number of hydrogen-bond donors (Lipinski definition) is 2. The fourth-order valence-corrected chi connectivity index (χ4v) is 5.10. The molecule has 4 heteroatoms. The number of quaternary nitrogens is 1. The largest absolute Gasteiger partial charge is 0.389 e. The van der Waals surface area contributed by atoms with Crippen molar-refractivity contribution in [3.63, 3.8) is 0 Å². The van der Waals surface area contributed by atoms with E-state index in [4.69, 9.17) is 0 Å². The van der Waals surface area contributed by atoms with Crippen LogP contribution in [0.3, 0.4) is 0 Å². The van der Waals surface area contributed by atoms with Gasteiger partial charge in [0, 0.05) is 36.7 Å². The SMILES string of the molecule is CCN(CC)c1ccc([C@@H]2[C@H]3CCCC[C@]3(O)CC[NH+]2CC#N)cc1. The average molecular weight is 343 g/mol. The number of hydrogen-bond acceptors (Lipinski definition) is 3. The fraction of sp³-hybridized carbons (Fsp3) is 0.667. The molecule has 0 amide bonds. The molecule has 2 fully saturated rings. The first-order valence-corrected chi connectivity index (χ1v) is 9.91. The topological polar surface area (TPSA) is 51.7 Å². The molecular weight excluding hydrogens is 310 g/mol. The molecule has 136 valence electrons. The fourth-order valence-electron chi connectivity index (χ4n) is 5.10. The summed E-state index contributed by atoms with van der Waals surface area (Å²) in [6.45, 7) is 7.79. The predicted molar refractivity (Wildman–Crippen MR) is 101 cm³/mol. The molecule has 0 radical (unpaired) electrons. The van der Waals surface area contributed by atoms with Crippen LogP contribution in [0.2, 0.25) is 0 Å². The van der Waals surface area contributed by atoms with Gasteiger partial charge in [0.05, 0.1) is 12.1 Å². The number of benzene rings is 1. The Morgan fingerprint density at radius 1 is 1.20 bits per heavy atom. The lowest BCUT2D eigenvalue weighted by atomic mass is 9.66. The summed E-state index contributed by atoms with van der Waals surface area (Å²) in [5.41, 5.74) is 2.01. The van der Waals surface area contributed by atoms with Gasteiger partial charge in [-0.1, -0.05) is 25.0 Å². The lowest BCUT2D eigenvalue weighted by Crippen LogP contribution is -3.15. The van der Waals surface area contributed by atoms with E-state index in [9.17, 15) is 10.4 Å². The molecule has 1 aromatic carbocycles. The number of anilines is 1. The van der Waals surface area contributed by atoms with Crippen molar-refractivity contribution < 1.29 is 10.0 Å². The van der Waals surface area contributed by atoms with E-state index in [1.54, 1.807) is 0 Å². The van der Waals surface area contributed by atoms with Crippen LogP contribution in [-0.2, 0) is 0 Å².